The lowest BCUT2D eigenvalue weighted by atomic mass is 10.7. The summed E-state index contributed by atoms with van der Waals surface area (Å²) in [4.78, 5) is 0. The van der Waals surface area contributed by atoms with Crippen LogP contribution in [0.1, 0.15) is 0 Å². The fraction of sp³-hybridized carbons (Fsp3) is 0.500. The molecule has 3 nitrogen and oxygen atoms in total. The predicted molar refractivity (Wildman–Crippen MR) is 70.2 cm³/mol. The van der Waals surface area contributed by atoms with E-state index in [0.717, 1.165) is 9.54 Å². The molecule has 0 aliphatic rings. The van der Waals surface area contributed by atoms with Gasteiger partial charge in [0.25, 0.3) is 10.0 Å². The SMILES string of the molecule is CSCCN(C)S(=O)(=O)c1ccc(Br)s1. The topological polar surface area (TPSA) is 37.4 Å². The van der Waals surface area contributed by atoms with Crippen LogP contribution in [0.5, 0.6) is 0 Å². The van der Waals surface area contributed by atoms with E-state index < -0.39 is 10.0 Å². The van der Waals surface area contributed by atoms with Gasteiger partial charge in [0.15, 0.2) is 0 Å². The van der Waals surface area contributed by atoms with Crippen LogP contribution in [0.25, 0.3) is 0 Å². The number of halogens is 1. The van der Waals surface area contributed by atoms with Crippen LogP contribution >= 0.6 is 39.0 Å². The zero-order valence-electron chi connectivity index (χ0n) is 8.44. The lowest BCUT2D eigenvalue weighted by Crippen LogP contribution is -2.28. The smallest absolute Gasteiger partial charge is 0.206 e. The second-order valence-corrected chi connectivity index (χ2v) is 8.60. The molecule has 0 radical (unpaired) electrons. The second kappa shape index (κ2) is 5.67. The van der Waals surface area contributed by atoms with Gasteiger partial charge in [-0.25, -0.2) is 8.42 Å². The Hall–Kier alpha value is 0.440. The molecule has 0 fully saturated rings. The first-order valence-corrected chi connectivity index (χ1v) is 8.63. The van der Waals surface area contributed by atoms with Crippen molar-refractivity contribution in [1.82, 2.24) is 4.31 Å². The van der Waals surface area contributed by atoms with Crippen molar-refractivity contribution < 1.29 is 8.42 Å². The van der Waals surface area contributed by atoms with Crippen LogP contribution in [-0.2, 0) is 10.0 Å². The predicted octanol–water partition coefficient (Wildman–Crippen LogP) is 2.49. The fourth-order valence-corrected chi connectivity index (χ4v) is 4.89. The maximum absolute atomic E-state index is 12.0. The van der Waals surface area contributed by atoms with Crippen LogP contribution in [-0.4, -0.2) is 38.3 Å². The summed E-state index contributed by atoms with van der Waals surface area (Å²) in [7, 11) is -1.67. The van der Waals surface area contributed by atoms with E-state index in [9.17, 15) is 8.42 Å². The molecule has 1 aromatic rings. The van der Waals surface area contributed by atoms with Gasteiger partial charge in [-0.2, -0.15) is 16.1 Å². The molecule has 1 aromatic heterocycles. The summed E-state index contributed by atoms with van der Waals surface area (Å²) in [6.07, 6.45) is 1.96. The van der Waals surface area contributed by atoms with Crippen LogP contribution in [0.2, 0.25) is 0 Å². The molecule has 1 heterocycles. The summed E-state index contributed by atoms with van der Waals surface area (Å²) in [6, 6.07) is 3.37. The number of hydrogen-bond donors (Lipinski definition) is 0. The molecule has 0 amide bonds. The summed E-state index contributed by atoms with van der Waals surface area (Å²) in [5.41, 5.74) is 0. The Morgan fingerprint density at radius 2 is 2.20 bits per heavy atom. The third-order valence-electron chi connectivity index (χ3n) is 1.82. The van der Waals surface area contributed by atoms with Crippen molar-refractivity contribution in [2.75, 3.05) is 25.6 Å². The van der Waals surface area contributed by atoms with Gasteiger partial charge in [0, 0.05) is 19.3 Å². The van der Waals surface area contributed by atoms with Gasteiger partial charge in [-0.15, -0.1) is 11.3 Å². The van der Waals surface area contributed by atoms with E-state index in [-0.39, 0.29) is 0 Å². The van der Waals surface area contributed by atoms with Crippen molar-refractivity contribution in [3.05, 3.63) is 15.9 Å². The first-order chi connectivity index (χ1) is 6.98. The Morgan fingerprint density at radius 1 is 1.53 bits per heavy atom. The highest BCUT2D eigenvalue weighted by Crippen LogP contribution is 2.27. The summed E-state index contributed by atoms with van der Waals surface area (Å²) < 4.78 is 26.5. The average molecular weight is 330 g/mol. The van der Waals surface area contributed by atoms with Crippen molar-refractivity contribution in [2.24, 2.45) is 0 Å². The molecule has 0 saturated carbocycles. The molecule has 0 unspecified atom stereocenters. The number of thiophene rings is 1. The zero-order valence-corrected chi connectivity index (χ0v) is 12.5. The average Bonchev–Trinajstić information content (AvgIpc) is 2.61. The Morgan fingerprint density at radius 3 is 2.67 bits per heavy atom. The Balaban J connectivity index is 2.83. The van der Waals surface area contributed by atoms with E-state index in [1.54, 1.807) is 30.9 Å². The standard InChI is InChI=1S/C8H12BrNO2S3/c1-10(5-6-13-2)15(11,12)8-4-3-7(9)14-8/h3-4H,5-6H2,1-2H3. The van der Waals surface area contributed by atoms with Gasteiger partial charge in [-0.1, -0.05) is 0 Å². The summed E-state index contributed by atoms with van der Waals surface area (Å²) in [6.45, 7) is 0.541. The van der Waals surface area contributed by atoms with E-state index in [1.807, 2.05) is 6.26 Å². The van der Waals surface area contributed by atoms with Crippen LogP contribution < -0.4 is 0 Å². The van der Waals surface area contributed by atoms with Crippen LogP contribution in [0, 0.1) is 0 Å². The van der Waals surface area contributed by atoms with E-state index in [4.69, 9.17) is 0 Å². The second-order valence-electron chi connectivity index (χ2n) is 2.88. The molecule has 0 atom stereocenters. The molecule has 0 spiro atoms. The Bertz CT molecular complexity index is 415. The maximum atomic E-state index is 12.0. The monoisotopic (exact) mass is 329 g/mol. The minimum absolute atomic E-state index is 0.387. The number of hydrogen-bond acceptors (Lipinski definition) is 4. The highest BCUT2D eigenvalue weighted by Gasteiger charge is 2.21. The molecule has 86 valence electrons. The maximum Gasteiger partial charge on any atom is 0.252 e. The molecule has 7 heteroatoms. The Labute approximate surface area is 107 Å². The van der Waals surface area contributed by atoms with Gasteiger partial charge >= 0.3 is 0 Å². The minimum Gasteiger partial charge on any atom is -0.206 e. The third kappa shape index (κ3) is 3.45. The highest BCUT2D eigenvalue weighted by molar-refractivity contribution is 9.11. The highest BCUT2D eigenvalue weighted by atomic mass is 79.9. The van der Waals surface area contributed by atoms with Crippen LogP contribution in [0.3, 0.4) is 0 Å². The van der Waals surface area contributed by atoms with Gasteiger partial charge in [-0.3, -0.25) is 0 Å². The molecule has 0 aromatic carbocycles. The van der Waals surface area contributed by atoms with Crippen molar-refractivity contribution in [3.63, 3.8) is 0 Å². The number of rotatable bonds is 5. The largest absolute Gasteiger partial charge is 0.252 e. The molecular formula is C8H12BrNO2S3. The van der Waals surface area contributed by atoms with E-state index in [1.165, 1.54) is 15.6 Å². The first-order valence-electron chi connectivity index (χ1n) is 4.19. The van der Waals surface area contributed by atoms with E-state index >= 15 is 0 Å². The molecule has 0 saturated heterocycles. The van der Waals surface area contributed by atoms with Crippen LogP contribution in [0.4, 0.5) is 0 Å². The molecule has 1 rings (SSSR count). The first kappa shape index (κ1) is 13.5. The molecule has 0 aliphatic carbocycles. The summed E-state index contributed by atoms with van der Waals surface area (Å²) in [5.74, 6) is 0.808. The van der Waals surface area contributed by atoms with E-state index in [2.05, 4.69) is 15.9 Å². The minimum atomic E-state index is -3.28. The third-order valence-corrected chi connectivity index (χ3v) is 6.36. The van der Waals surface area contributed by atoms with E-state index in [0.29, 0.717) is 10.8 Å². The fourth-order valence-electron chi connectivity index (χ4n) is 0.930. The van der Waals surface area contributed by atoms with Crippen molar-refractivity contribution in [1.29, 1.82) is 0 Å². The molecule has 0 aliphatic heterocycles. The zero-order chi connectivity index (χ0) is 11.5. The van der Waals surface area contributed by atoms with Crippen molar-refractivity contribution >= 4 is 49.1 Å². The van der Waals surface area contributed by atoms with Gasteiger partial charge in [0.1, 0.15) is 4.21 Å². The van der Waals surface area contributed by atoms with Gasteiger partial charge in [-0.05, 0) is 34.3 Å². The lowest BCUT2D eigenvalue weighted by Gasteiger charge is -2.14. The van der Waals surface area contributed by atoms with Crippen molar-refractivity contribution in [3.8, 4) is 0 Å². The molecule has 0 bridgehead atoms. The molecule has 15 heavy (non-hydrogen) atoms. The lowest BCUT2D eigenvalue weighted by molar-refractivity contribution is 0.490. The number of nitrogens with zero attached hydrogens (tertiary/aromatic N) is 1. The van der Waals surface area contributed by atoms with Gasteiger partial charge in [0.2, 0.25) is 0 Å². The quantitative estimate of drug-likeness (QED) is 0.832. The van der Waals surface area contributed by atoms with Crippen LogP contribution in [0.15, 0.2) is 20.1 Å². The molecule has 0 N–H and O–H groups in total. The van der Waals surface area contributed by atoms with Gasteiger partial charge in [0.05, 0.1) is 3.79 Å². The van der Waals surface area contributed by atoms with Crippen molar-refractivity contribution in [2.45, 2.75) is 4.21 Å². The Kier molecular flexibility index (Phi) is 5.11. The number of sulfonamides is 1. The van der Waals surface area contributed by atoms with Gasteiger partial charge < -0.3 is 0 Å². The normalized spacial score (nSPS) is 12.3. The summed E-state index contributed by atoms with van der Waals surface area (Å²) in [5, 5.41) is 0. The number of thioether (sulfide) groups is 1. The summed E-state index contributed by atoms with van der Waals surface area (Å²) >= 11 is 6.13. The molecular weight excluding hydrogens is 318 g/mol.